The monoisotopic (exact) mass is 111 g/mol. The Morgan fingerprint density at radius 1 is 1.80 bits per heavy atom. The second-order valence-corrected chi connectivity index (χ2v) is 1.68. The Kier molecular flexibility index (Phi) is 3.12. The second-order valence-electron chi connectivity index (χ2n) is 0.752. The fourth-order valence-corrected chi connectivity index (χ4v) is 0. The molecule has 1 atom stereocenters. The van der Waals surface area contributed by atoms with Gasteiger partial charge in [0.25, 0.3) is 0 Å². The number of rotatable bonds is 1. The first kappa shape index (κ1) is 5.58. The molecule has 31 valence electrons. The Morgan fingerprint density at radius 3 is 2.00 bits per heavy atom. The summed E-state index contributed by atoms with van der Waals surface area (Å²) < 4.78 is 0. The molecule has 1 radical (unpaired) electrons. The van der Waals surface area contributed by atoms with Gasteiger partial charge in [0.2, 0.25) is 0 Å². The summed E-state index contributed by atoms with van der Waals surface area (Å²) in [4.78, 5) is 0. The molecule has 0 heterocycles. The van der Waals surface area contributed by atoms with E-state index < -0.39 is 0 Å². The molecule has 0 saturated carbocycles. The smallest absolute Gasteiger partial charge is 0.0472 e. The third-order valence-electron chi connectivity index (χ3n) is 0.167. The van der Waals surface area contributed by atoms with Crippen LogP contribution in [0.5, 0.6) is 0 Å². The Balaban J connectivity index is 2.54. The van der Waals surface area contributed by atoms with E-state index in [1.165, 1.54) is 0 Å². The molecule has 0 amide bonds. The molecule has 5 heavy (non-hydrogen) atoms. The lowest BCUT2D eigenvalue weighted by molar-refractivity contribution is 1.24. The normalized spacial score (nSPS) is 15.0. The molecule has 0 spiro atoms. The Morgan fingerprint density at radius 2 is 2.00 bits per heavy atom. The van der Waals surface area contributed by atoms with E-state index in [-0.39, 0.29) is 5.38 Å². The van der Waals surface area contributed by atoms with Gasteiger partial charge in [0, 0.05) is 11.3 Å². The van der Waals surface area contributed by atoms with Crippen LogP contribution in [0.25, 0.3) is 0 Å². The number of halogens is 2. The Labute approximate surface area is 42.1 Å². The van der Waals surface area contributed by atoms with E-state index in [9.17, 15) is 0 Å². The average Bonchev–Trinajstić information content (AvgIpc) is 1.38. The van der Waals surface area contributed by atoms with E-state index in [0.717, 1.165) is 0 Å². The summed E-state index contributed by atoms with van der Waals surface area (Å²) in [5.41, 5.74) is 0. The van der Waals surface area contributed by atoms with Crippen LogP contribution in [0.4, 0.5) is 0 Å². The summed E-state index contributed by atoms with van der Waals surface area (Å²) in [6, 6.07) is 0. The van der Waals surface area contributed by atoms with Gasteiger partial charge in [-0.2, -0.15) is 0 Å². The maximum absolute atomic E-state index is 5.22. The Hall–Kier alpha value is 0.580. The van der Waals surface area contributed by atoms with Crippen molar-refractivity contribution in [1.82, 2.24) is 0 Å². The highest BCUT2D eigenvalue weighted by Crippen LogP contribution is 1.92. The van der Waals surface area contributed by atoms with Gasteiger partial charge < -0.3 is 0 Å². The molecule has 0 aliphatic rings. The van der Waals surface area contributed by atoms with E-state index in [1.54, 1.807) is 0 Å². The van der Waals surface area contributed by atoms with E-state index >= 15 is 0 Å². The SMILES string of the molecule is [CH2]C(Cl)CCl. The molecular weight excluding hydrogens is 107 g/mol. The molecule has 0 aliphatic heterocycles. The van der Waals surface area contributed by atoms with Crippen LogP contribution in [0.3, 0.4) is 0 Å². The minimum absolute atomic E-state index is 0.128. The minimum atomic E-state index is -0.128. The summed E-state index contributed by atoms with van der Waals surface area (Å²) in [5.74, 6) is 0.432. The molecule has 0 aromatic carbocycles. The molecule has 0 aliphatic carbocycles. The van der Waals surface area contributed by atoms with Gasteiger partial charge in [0.1, 0.15) is 0 Å². The van der Waals surface area contributed by atoms with Gasteiger partial charge in [0.05, 0.1) is 0 Å². The fraction of sp³-hybridized carbons (Fsp3) is 0.667. The molecule has 0 saturated heterocycles. The molecule has 2 heteroatoms. The predicted molar refractivity (Wildman–Crippen MR) is 25.7 cm³/mol. The van der Waals surface area contributed by atoms with Crippen molar-refractivity contribution in [2.75, 3.05) is 5.88 Å². The van der Waals surface area contributed by atoms with E-state index in [0.29, 0.717) is 5.88 Å². The number of alkyl halides is 2. The van der Waals surface area contributed by atoms with Gasteiger partial charge in [0.15, 0.2) is 0 Å². The van der Waals surface area contributed by atoms with Gasteiger partial charge in [-0.1, -0.05) is 0 Å². The summed E-state index contributed by atoms with van der Waals surface area (Å²) in [6.07, 6.45) is 0. The first-order chi connectivity index (χ1) is 2.27. The van der Waals surface area contributed by atoms with Crippen molar-refractivity contribution in [2.24, 2.45) is 0 Å². The standard InChI is InChI=1S/C3H5Cl2/c1-3(5)2-4/h3H,1-2H2. The topological polar surface area (TPSA) is 0 Å². The largest absolute Gasteiger partial charge is 0.125 e. The van der Waals surface area contributed by atoms with Gasteiger partial charge in [-0.3, -0.25) is 0 Å². The van der Waals surface area contributed by atoms with E-state index in [4.69, 9.17) is 23.2 Å². The number of hydrogen-bond donors (Lipinski definition) is 0. The molecular formula is C3H5Cl2. The second kappa shape index (κ2) is 2.80. The molecule has 0 aromatic heterocycles. The van der Waals surface area contributed by atoms with Crippen LogP contribution >= 0.6 is 23.2 Å². The van der Waals surface area contributed by atoms with Crippen LogP contribution in [0.2, 0.25) is 0 Å². The van der Waals surface area contributed by atoms with Crippen LogP contribution < -0.4 is 0 Å². The third kappa shape index (κ3) is 4.58. The zero-order chi connectivity index (χ0) is 4.28. The highest BCUT2D eigenvalue weighted by molar-refractivity contribution is 6.28. The highest BCUT2D eigenvalue weighted by Gasteiger charge is 1.85. The third-order valence-corrected chi connectivity index (χ3v) is 0.852. The summed E-state index contributed by atoms with van der Waals surface area (Å²) in [5, 5.41) is -0.128. The molecule has 0 bridgehead atoms. The highest BCUT2D eigenvalue weighted by atomic mass is 35.5. The first-order valence-electron chi connectivity index (χ1n) is 1.30. The summed E-state index contributed by atoms with van der Waals surface area (Å²) in [7, 11) is 0. The molecule has 0 nitrogen and oxygen atoms in total. The lowest BCUT2D eigenvalue weighted by Crippen LogP contribution is -1.88. The van der Waals surface area contributed by atoms with Crippen molar-refractivity contribution in [3.63, 3.8) is 0 Å². The van der Waals surface area contributed by atoms with Crippen molar-refractivity contribution < 1.29 is 0 Å². The average molecular weight is 112 g/mol. The summed E-state index contributed by atoms with van der Waals surface area (Å²) >= 11 is 10.4. The molecule has 0 N–H and O–H groups in total. The summed E-state index contributed by atoms with van der Waals surface area (Å²) in [6.45, 7) is 3.39. The van der Waals surface area contributed by atoms with E-state index in [2.05, 4.69) is 6.92 Å². The van der Waals surface area contributed by atoms with Crippen LogP contribution in [0.1, 0.15) is 0 Å². The molecule has 0 aromatic rings. The lowest BCUT2D eigenvalue weighted by atomic mass is 10.6. The fourth-order valence-electron chi connectivity index (χ4n) is 0. The lowest BCUT2D eigenvalue weighted by Gasteiger charge is -1.85. The van der Waals surface area contributed by atoms with Crippen LogP contribution in [-0.4, -0.2) is 11.3 Å². The quantitative estimate of drug-likeness (QED) is 0.452. The molecule has 0 rings (SSSR count). The van der Waals surface area contributed by atoms with Crippen molar-refractivity contribution in [2.45, 2.75) is 5.38 Å². The zero-order valence-electron chi connectivity index (χ0n) is 2.75. The van der Waals surface area contributed by atoms with Gasteiger partial charge >= 0.3 is 0 Å². The van der Waals surface area contributed by atoms with Crippen LogP contribution in [-0.2, 0) is 0 Å². The van der Waals surface area contributed by atoms with Gasteiger partial charge in [-0.05, 0) is 6.92 Å². The first-order valence-corrected chi connectivity index (χ1v) is 2.27. The van der Waals surface area contributed by atoms with Gasteiger partial charge in [-0.25, -0.2) is 0 Å². The number of hydrogen-bond acceptors (Lipinski definition) is 0. The van der Waals surface area contributed by atoms with Crippen molar-refractivity contribution >= 4 is 23.2 Å². The minimum Gasteiger partial charge on any atom is -0.125 e. The predicted octanol–water partition coefficient (Wildman–Crippen LogP) is 1.67. The maximum Gasteiger partial charge on any atom is 0.0472 e. The Bertz CT molecular complexity index is 18.9. The molecule has 1 unspecified atom stereocenters. The van der Waals surface area contributed by atoms with Crippen molar-refractivity contribution in [3.8, 4) is 0 Å². The molecule has 0 fully saturated rings. The van der Waals surface area contributed by atoms with E-state index in [1.807, 2.05) is 0 Å². The van der Waals surface area contributed by atoms with Gasteiger partial charge in [-0.15, -0.1) is 23.2 Å². The van der Waals surface area contributed by atoms with Crippen LogP contribution in [0, 0.1) is 6.92 Å². The maximum atomic E-state index is 5.22. The zero-order valence-corrected chi connectivity index (χ0v) is 4.26. The van der Waals surface area contributed by atoms with Crippen LogP contribution in [0.15, 0.2) is 0 Å². The van der Waals surface area contributed by atoms with Crippen molar-refractivity contribution in [3.05, 3.63) is 6.92 Å². The van der Waals surface area contributed by atoms with Crippen molar-refractivity contribution in [1.29, 1.82) is 0 Å².